The zero-order valence-electron chi connectivity index (χ0n) is 9.02. The van der Waals surface area contributed by atoms with Gasteiger partial charge in [-0.3, -0.25) is 5.41 Å². The summed E-state index contributed by atoms with van der Waals surface area (Å²) in [7, 11) is 0. The first kappa shape index (κ1) is 12.7. The molecule has 0 saturated carbocycles. The first-order valence-corrected chi connectivity index (χ1v) is 4.61. The predicted molar refractivity (Wildman–Crippen MR) is 55.4 cm³/mol. The molecule has 0 unspecified atom stereocenters. The van der Waals surface area contributed by atoms with Gasteiger partial charge in [-0.2, -0.15) is 0 Å². The van der Waals surface area contributed by atoms with E-state index in [0.29, 0.717) is 19.4 Å². The Hall–Kier alpha value is -1.26. The summed E-state index contributed by atoms with van der Waals surface area (Å²) < 4.78 is 5.01. The number of nitrogens with one attached hydrogen (secondary N) is 2. The lowest BCUT2D eigenvalue weighted by atomic mass is 10.2. The summed E-state index contributed by atoms with van der Waals surface area (Å²) in [5.74, 6) is 0.135. The Balaban J connectivity index is 3.50. The third-order valence-electron chi connectivity index (χ3n) is 1.29. The second-order valence-electron chi connectivity index (χ2n) is 4.06. The molecule has 14 heavy (non-hydrogen) atoms. The summed E-state index contributed by atoms with van der Waals surface area (Å²) in [5, 5.41) is 9.54. The molecule has 0 radical (unpaired) electrons. The van der Waals surface area contributed by atoms with E-state index in [0.717, 1.165) is 0 Å². The smallest absolute Gasteiger partial charge is 0.407 e. The van der Waals surface area contributed by atoms with Crippen molar-refractivity contribution in [2.24, 2.45) is 5.73 Å². The Morgan fingerprint density at radius 2 is 2.07 bits per heavy atom. The zero-order valence-corrected chi connectivity index (χ0v) is 9.02. The average molecular weight is 201 g/mol. The molecular weight excluding hydrogens is 182 g/mol. The molecule has 0 aliphatic heterocycles. The standard InChI is InChI=1S/C9H19N3O2/c1-9(2,3)14-8(13)12-6-4-5-7(10)11/h4-6H2,1-3H3,(H3,10,11)(H,12,13). The zero-order chi connectivity index (χ0) is 11.2. The number of alkyl carbamates (subject to hydrolysis) is 1. The number of amidine groups is 1. The highest BCUT2D eigenvalue weighted by Crippen LogP contribution is 2.06. The molecule has 0 spiro atoms. The van der Waals surface area contributed by atoms with Crippen molar-refractivity contribution in [2.45, 2.75) is 39.2 Å². The average Bonchev–Trinajstić information content (AvgIpc) is 1.94. The van der Waals surface area contributed by atoms with Crippen molar-refractivity contribution in [1.82, 2.24) is 5.32 Å². The molecule has 0 heterocycles. The van der Waals surface area contributed by atoms with Crippen LogP contribution in [0.1, 0.15) is 33.6 Å². The lowest BCUT2D eigenvalue weighted by molar-refractivity contribution is 0.0527. The largest absolute Gasteiger partial charge is 0.444 e. The van der Waals surface area contributed by atoms with Gasteiger partial charge in [-0.1, -0.05) is 0 Å². The summed E-state index contributed by atoms with van der Waals surface area (Å²) in [5.41, 5.74) is 4.68. The molecule has 0 aliphatic carbocycles. The van der Waals surface area contributed by atoms with E-state index in [1.807, 2.05) is 20.8 Å². The number of rotatable bonds is 4. The first-order chi connectivity index (χ1) is 6.31. The number of carbonyl (C=O) groups excluding carboxylic acids is 1. The van der Waals surface area contributed by atoms with Gasteiger partial charge in [0.2, 0.25) is 0 Å². The molecule has 0 bridgehead atoms. The van der Waals surface area contributed by atoms with Crippen LogP contribution < -0.4 is 11.1 Å². The maximum atomic E-state index is 11.1. The Labute approximate surface area is 84.5 Å². The van der Waals surface area contributed by atoms with Crippen LogP contribution in [-0.4, -0.2) is 24.1 Å². The molecule has 0 aliphatic rings. The number of ether oxygens (including phenoxy) is 1. The van der Waals surface area contributed by atoms with E-state index in [-0.39, 0.29) is 5.84 Å². The van der Waals surface area contributed by atoms with Gasteiger partial charge in [0.05, 0.1) is 5.84 Å². The van der Waals surface area contributed by atoms with Crippen LogP contribution in [0.15, 0.2) is 0 Å². The van der Waals surface area contributed by atoms with Crippen molar-refractivity contribution in [3.05, 3.63) is 0 Å². The van der Waals surface area contributed by atoms with E-state index < -0.39 is 11.7 Å². The minimum atomic E-state index is -0.468. The lowest BCUT2D eigenvalue weighted by Crippen LogP contribution is -2.33. The Kier molecular flexibility index (Phi) is 4.97. The van der Waals surface area contributed by atoms with Crippen LogP contribution in [0.5, 0.6) is 0 Å². The Bertz CT molecular complexity index is 209. The van der Waals surface area contributed by atoms with Crippen molar-refractivity contribution >= 4 is 11.9 Å². The van der Waals surface area contributed by atoms with Crippen LogP contribution in [-0.2, 0) is 4.74 Å². The third kappa shape index (κ3) is 8.83. The maximum absolute atomic E-state index is 11.1. The molecule has 0 saturated heterocycles. The van der Waals surface area contributed by atoms with Crippen molar-refractivity contribution in [3.8, 4) is 0 Å². The highest BCUT2D eigenvalue weighted by atomic mass is 16.6. The Morgan fingerprint density at radius 1 is 1.50 bits per heavy atom. The molecule has 5 nitrogen and oxygen atoms in total. The predicted octanol–water partition coefficient (Wildman–Crippen LogP) is 1.23. The number of hydrogen-bond donors (Lipinski definition) is 3. The summed E-state index contributed by atoms with van der Waals surface area (Å²) in [6.45, 7) is 5.90. The van der Waals surface area contributed by atoms with Crippen molar-refractivity contribution < 1.29 is 9.53 Å². The van der Waals surface area contributed by atoms with Crippen molar-refractivity contribution in [3.63, 3.8) is 0 Å². The van der Waals surface area contributed by atoms with Gasteiger partial charge in [0.15, 0.2) is 0 Å². The van der Waals surface area contributed by atoms with Crippen molar-refractivity contribution in [1.29, 1.82) is 5.41 Å². The van der Waals surface area contributed by atoms with Crippen LogP contribution in [0.25, 0.3) is 0 Å². The fourth-order valence-electron chi connectivity index (χ4n) is 0.783. The summed E-state index contributed by atoms with van der Waals surface area (Å²) in [6, 6.07) is 0. The van der Waals surface area contributed by atoms with E-state index in [9.17, 15) is 4.79 Å². The van der Waals surface area contributed by atoms with Gasteiger partial charge < -0.3 is 15.8 Å². The molecule has 0 rings (SSSR count). The molecule has 0 aromatic rings. The van der Waals surface area contributed by atoms with Gasteiger partial charge in [-0.15, -0.1) is 0 Å². The summed E-state index contributed by atoms with van der Waals surface area (Å²) in [4.78, 5) is 11.1. The second-order valence-corrected chi connectivity index (χ2v) is 4.06. The molecule has 0 aromatic carbocycles. The SMILES string of the molecule is CC(C)(C)OC(=O)NCCCC(=N)N. The number of nitrogens with two attached hydrogens (primary N) is 1. The van der Waals surface area contributed by atoms with Crippen LogP contribution in [0.3, 0.4) is 0 Å². The molecule has 82 valence electrons. The third-order valence-corrected chi connectivity index (χ3v) is 1.29. The monoisotopic (exact) mass is 201 g/mol. The van der Waals surface area contributed by atoms with Crippen LogP contribution >= 0.6 is 0 Å². The molecule has 0 atom stereocenters. The highest BCUT2D eigenvalue weighted by molar-refractivity contribution is 5.76. The lowest BCUT2D eigenvalue weighted by Gasteiger charge is -2.19. The van der Waals surface area contributed by atoms with Gasteiger partial charge in [-0.05, 0) is 27.2 Å². The second kappa shape index (κ2) is 5.47. The maximum Gasteiger partial charge on any atom is 0.407 e. The molecular formula is C9H19N3O2. The van der Waals surface area contributed by atoms with Crippen LogP contribution in [0, 0.1) is 5.41 Å². The van der Waals surface area contributed by atoms with E-state index >= 15 is 0 Å². The van der Waals surface area contributed by atoms with Crippen LogP contribution in [0.2, 0.25) is 0 Å². The number of carbonyl (C=O) groups is 1. The molecule has 4 N–H and O–H groups in total. The Morgan fingerprint density at radius 3 is 2.50 bits per heavy atom. The normalized spacial score (nSPS) is 10.8. The topological polar surface area (TPSA) is 88.2 Å². The van der Waals surface area contributed by atoms with Gasteiger partial charge in [0.1, 0.15) is 5.60 Å². The first-order valence-electron chi connectivity index (χ1n) is 4.61. The summed E-state index contributed by atoms with van der Waals surface area (Å²) in [6.07, 6.45) is 0.728. The minimum absolute atomic E-state index is 0.135. The fraction of sp³-hybridized carbons (Fsp3) is 0.778. The van der Waals surface area contributed by atoms with E-state index in [2.05, 4.69) is 5.32 Å². The molecule has 0 aromatic heterocycles. The quantitative estimate of drug-likeness (QED) is 0.363. The number of amides is 1. The van der Waals surface area contributed by atoms with Gasteiger partial charge in [0.25, 0.3) is 0 Å². The molecule has 0 fully saturated rings. The van der Waals surface area contributed by atoms with E-state index in [1.165, 1.54) is 0 Å². The highest BCUT2D eigenvalue weighted by Gasteiger charge is 2.15. The van der Waals surface area contributed by atoms with Gasteiger partial charge in [-0.25, -0.2) is 4.79 Å². The van der Waals surface area contributed by atoms with E-state index in [4.69, 9.17) is 15.9 Å². The molecule has 1 amide bonds. The molecule has 5 heteroatoms. The van der Waals surface area contributed by atoms with Gasteiger partial charge >= 0.3 is 6.09 Å². The number of hydrogen-bond acceptors (Lipinski definition) is 3. The van der Waals surface area contributed by atoms with Gasteiger partial charge in [0, 0.05) is 13.0 Å². The summed E-state index contributed by atoms with van der Waals surface area (Å²) >= 11 is 0. The minimum Gasteiger partial charge on any atom is -0.444 e. The van der Waals surface area contributed by atoms with E-state index in [1.54, 1.807) is 0 Å². The fourth-order valence-corrected chi connectivity index (χ4v) is 0.783. The van der Waals surface area contributed by atoms with Crippen molar-refractivity contribution in [2.75, 3.05) is 6.54 Å². The van der Waals surface area contributed by atoms with Crippen LogP contribution in [0.4, 0.5) is 4.79 Å².